The molecular formula is C25H22N2O2. The van der Waals surface area contributed by atoms with Crippen LogP contribution in [0.25, 0.3) is 22.2 Å². The van der Waals surface area contributed by atoms with Gasteiger partial charge < -0.3 is 9.73 Å². The van der Waals surface area contributed by atoms with Gasteiger partial charge in [0.05, 0.1) is 0 Å². The van der Waals surface area contributed by atoms with Gasteiger partial charge in [0.1, 0.15) is 5.52 Å². The zero-order chi connectivity index (χ0) is 19.6. The molecule has 1 heterocycles. The molecule has 0 saturated heterocycles. The number of hydrogen-bond donors (Lipinski definition) is 1. The number of ketones is 1. The van der Waals surface area contributed by atoms with E-state index < -0.39 is 0 Å². The Morgan fingerprint density at radius 1 is 0.862 bits per heavy atom. The highest BCUT2D eigenvalue weighted by atomic mass is 16.4. The molecular weight excluding hydrogens is 360 g/mol. The number of rotatable bonds is 5. The lowest BCUT2D eigenvalue weighted by Gasteiger charge is -2.09. The third-order valence-corrected chi connectivity index (χ3v) is 5.66. The summed E-state index contributed by atoms with van der Waals surface area (Å²) in [5, 5.41) is 3.20. The van der Waals surface area contributed by atoms with Gasteiger partial charge in [-0.25, -0.2) is 0 Å². The van der Waals surface area contributed by atoms with Crippen LogP contribution in [0, 0.1) is 5.92 Å². The molecule has 4 nitrogen and oxygen atoms in total. The summed E-state index contributed by atoms with van der Waals surface area (Å²) in [5.74, 6) is 0.519. The maximum Gasteiger partial charge on any atom is 0.300 e. The van der Waals surface area contributed by atoms with E-state index in [9.17, 15) is 4.79 Å². The van der Waals surface area contributed by atoms with E-state index >= 15 is 0 Å². The zero-order valence-electron chi connectivity index (χ0n) is 16.1. The predicted octanol–water partition coefficient (Wildman–Crippen LogP) is 6.61. The van der Waals surface area contributed by atoms with Gasteiger partial charge in [0, 0.05) is 17.2 Å². The topological polar surface area (TPSA) is 55.1 Å². The molecule has 1 aromatic heterocycles. The number of fused-ring (bicyclic) bond motifs is 1. The van der Waals surface area contributed by atoms with Crippen LogP contribution in [0.15, 0.2) is 77.2 Å². The van der Waals surface area contributed by atoms with Crippen LogP contribution in [0.4, 0.5) is 11.7 Å². The Balaban J connectivity index is 1.30. The van der Waals surface area contributed by atoms with Crippen molar-refractivity contribution >= 4 is 28.6 Å². The maximum absolute atomic E-state index is 12.6. The molecule has 1 N–H and O–H groups in total. The number of hydrogen-bond acceptors (Lipinski definition) is 4. The molecule has 144 valence electrons. The van der Waals surface area contributed by atoms with Crippen LogP contribution in [0.3, 0.4) is 0 Å². The van der Waals surface area contributed by atoms with Gasteiger partial charge in [-0.2, -0.15) is 4.98 Å². The number of nitrogens with zero attached hydrogens (tertiary/aromatic N) is 1. The van der Waals surface area contributed by atoms with E-state index in [1.165, 1.54) is 12.8 Å². The largest absolute Gasteiger partial charge is 0.423 e. The fourth-order valence-corrected chi connectivity index (χ4v) is 4.05. The first kappa shape index (κ1) is 17.7. The van der Waals surface area contributed by atoms with Crippen molar-refractivity contribution in [2.45, 2.75) is 25.7 Å². The second-order valence-electron chi connectivity index (χ2n) is 7.61. The molecule has 0 bridgehead atoms. The smallest absolute Gasteiger partial charge is 0.300 e. The lowest BCUT2D eigenvalue weighted by Crippen LogP contribution is -2.10. The zero-order valence-corrected chi connectivity index (χ0v) is 16.1. The maximum atomic E-state index is 12.6. The van der Waals surface area contributed by atoms with E-state index in [-0.39, 0.29) is 5.92 Å². The minimum Gasteiger partial charge on any atom is -0.423 e. The van der Waals surface area contributed by atoms with Gasteiger partial charge in [0.25, 0.3) is 6.01 Å². The Bertz CT molecular complexity index is 1100. The number of anilines is 2. The van der Waals surface area contributed by atoms with Gasteiger partial charge in [0.15, 0.2) is 11.4 Å². The van der Waals surface area contributed by atoms with Crippen molar-refractivity contribution in [3.63, 3.8) is 0 Å². The van der Waals surface area contributed by atoms with Gasteiger partial charge in [-0.05, 0) is 48.2 Å². The van der Waals surface area contributed by atoms with Crippen molar-refractivity contribution in [1.82, 2.24) is 4.98 Å². The van der Waals surface area contributed by atoms with E-state index in [2.05, 4.69) is 22.4 Å². The number of nitrogens with one attached hydrogen (secondary N) is 1. The monoisotopic (exact) mass is 382 g/mol. The molecule has 5 rings (SSSR count). The van der Waals surface area contributed by atoms with Gasteiger partial charge in [0.2, 0.25) is 0 Å². The third-order valence-electron chi connectivity index (χ3n) is 5.66. The summed E-state index contributed by atoms with van der Waals surface area (Å²) in [5.41, 5.74) is 5.54. The molecule has 0 unspecified atom stereocenters. The summed E-state index contributed by atoms with van der Waals surface area (Å²) in [6.07, 6.45) is 4.43. The first-order valence-corrected chi connectivity index (χ1v) is 10.1. The van der Waals surface area contributed by atoms with Crippen LogP contribution in [0.5, 0.6) is 0 Å². The summed E-state index contributed by atoms with van der Waals surface area (Å²) < 4.78 is 5.71. The molecule has 1 fully saturated rings. The van der Waals surface area contributed by atoms with Crippen molar-refractivity contribution in [1.29, 1.82) is 0 Å². The quantitative estimate of drug-likeness (QED) is 0.395. The number of para-hydroxylation sites is 2. The van der Waals surface area contributed by atoms with Gasteiger partial charge in [-0.3, -0.25) is 4.79 Å². The van der Waals surface area contributed by atoms with Crippen molar-refractivity contribution in [2.24, 2.45) is 5.92 Å². The lowest BCUT2D eigenvalue weighted by atomic mass is 9.94. The summed E-state index contributed by atoms with van der Waals surface area (Å²) in [4.78, 5) is 17.0. The van der Waals surface area contributed by atoms with Crippen LogP contribution in [-0.4, -0.2) is 10.8 Å². The van der Waals surface area contributed by atoms with Crippen molar-refractivity contribution in [3.05, 3.63) is 78.4 Å². The van der Waals surface area contributed by atoms with Crippen molar-refractivity contribution < 1.29 is 9.21 Å². The van der Waals surface area contributed by atoms with Crippen LogP contribution in [0.1, 0.15) is 36.0 Å². The van der Waals surface area contributed by atoms with Gasteiger partial charge >= 0.3 is 0 Å². The number of oxazole rings is 1. The first-order chi connectivity index (χ1) is 14.3. The highest BCUT2D eigenvalue weighted by molar-refractivity contribution is 5.98. The molecule has 0 aliphatic heterocycles. The molecule has 0 atom stereocenters. The average Bonchev–Trinajstić information content (AvgIpc) is 3.43. The van der Waals surface area contributed by atoms with Crippen molar-refractivity contribution in [2.75, 3.05) is 5.32 Å². The number of carbonyl (C=O) groups excluding carboxylic acids is 1. The lowest BCUT2D eigenvalue weighted by molar-refractivity contribution is 0.0923. The van der Waals surface area contributed by atoms with Crippen LogP contribution in [-0.2, 0) is 0 Å². The number of aromatic nitrogens is 1. The Kier molecular flexibility index (Phi) is 4.60. The second-order valence-corrected chi connectivity index (χ2v) is 7.61. The van der Waals surface area contributed by atoms with Gasteiger partial charge in [-0.15, -0.1) is 0 Å². The summed E-state index contributed by atoms with van der Waals surface area (Å²) in [6.45, 7) is 0. The standard InChI is InChI=1S/C25H22N2O2/c28-24(19-5-1-2-6-19)20-11-9-17(10-12-20)18-13-15-21(16-14-18)26-25-27-22-7-3-4-8-23(22)29-25/h3-4,7-16,19H,1-2,5-6H2,(H,26,27). The first-order valence-electron chi connectivity index (χ1n) is 10.1. The SMILES string of the molecule is O=C(c1ccc(-c2ccc(Nc3nc4ccccc4o3)cc2)cc1)C1CCCC1. The summed E-state index contributed by atoms with van der Waals surface area (Å²) >= 11 is 0. The normalized spacial score (nSPS) is 14.3. The molecule has 1 aliphatic carbocycles. The van der Waals surface area contributed by atoms with Crippen LogP contribution >= 0.6 is 0 Å². The molecule has 4 heteroatoms. The Labute approximate surface area is 169 Å². The molecule has 0 radical (unpaired) electrons. The molecule has 0 amide bonds. The second kappa shape index (κ2) is 7.55. The fourth-order valence-electron chi connectivity index (χ4n) is 4.05. The minimum atomic E-state index is 0.220. The van der Waals surface area contributed by atoms with E-state index in [0.29, 0.717) is 11.8 Å². The Morgan fingerprint density at radius 2 is 1.52 bits per heavy atom. The molecule has 4 aromatic rings. The molecule has 1 aliphatic rings. The Morgan fingerprint density at radius 3 is 2.21 bits per heavy atom. The molecule has 29 heavy (non-hydrogen) atoms. The molecule has 0 spiro atoms. The van der Waals surface area contributed by atoms with Crippen LogP contribution < -0.4 is 5.32 Å². The summed E-state index contributed by atoms with van der Waals surface area (Å²) in [6, 6.07) is 24.3. The average molecular weight is 382 g/mol. The van der Waals surface area contributed by atoms with E-state index in [1.54, 1.807) is 0 Å². The van der Waals surface area contributed by atoms with E-state index in [0.717, 1.165) is 46.3 Å². The van der Waals surface area contributed by atoms with E-state index in [4.69, 9.17) is 4.42 Å². The number of benzene rings is 3. The fraction of sp³-hybridized carbons (Fsp3) is 0.200. The van der Waals surface area contributed by atoms with Crippen LogP contribution in [0.2, 0.25) is 0 Å². The third kappa shape index (κ3) is 3.66. The highest BCUT2D eigenvalue weighted by Gasteiger charge is 2.23. The molecule has 3 aromatic carbocycles. The highest BCUT2D eigenvalue weighted by Crippen LogP contribution is 2.29. The molecule has 1 saturated carbocycles. The predicted molar refractivity (Wildman–Crippen MR) is 115 cm³/mol. The van der Waals surface area contributed by atoms with E-state index in [1.807, 2.05) is 60.7 Å². The number of carbonyl (C=O) groups is 1. The summed E-state index contributed by atoms with van der Waals surface area (Å²) in [7, 11) is 0. The number of Topliss-reactive ketones (excluding diaryl/α,β-unsaturated/α-hetero) is 1. The Hall–Kier alpha value is -3.40. The van der Waals surface area contributed by atoms with Crippen molar-refractivity contribution in [3.8, 4) is 11.1 Å². The van der Waals surface area contributed by atoms with Gasteiger partial charge in [-0.1, -0.05) is 61.4 Å². The minimum absolute atomic E-state index is 0.220.